The van der Waals surface area contributed by atoms with E-state index in [-0.39, 0.29) is 0 Å². The second kappa shape index (κ2) is 5.40. The van der Waals surface area contributed by atoms with E-state index in [0.29, 0.717) is 0 Å². The molecule has 0 radical (unpaired) electrons. The van der Waals surface area contributed by atoms with Crippen LogP contribution in [0.2, 0.25) is 0 Å². The van der Waals surface area contributed by atoms with Gasteiger partial charge in [-0.1, -0.05) is 36.4 Å². The van der Waals surface area contributed by atoms with Crippen molar-refractivity contribution in [1.29, 1.82) is 0 Å². The van der Waals surface area contributed by atoms with Crippen LogP contribution in [0.25, 0.3) is 22.5 Å². The van der Waals surface area contributed by atoms with Crippen LogP contribution in [0, 0.1) is 3.57 Å². The standard InChI is InChI=1S/C17H16IN2/c1-19-16(13-7-4-3-5-8-13)12-17(20(19)2)14-9-6-10-15(18)11-14/h3-12H,1-2H3/q+1. The molecule has 100 valence electrons. The summed E-state index contributed by atoms with van der Waals surface area (Å²) in [6, 6.07) is 21.3. The maximum atomic E-state index is 2.35. The first-order chi connectivity index (χ1) is 9.66. The Morgan fingerprint density at radius 2 is 1.60 bits per heavy atom. The lowest BCUT2D eigenvalue weighted by Crippen LogP contribution is -2.39. The summed E-state index contributed by atoms with van der Waals surface area (Å²) in [7, 11) is 4.20. The van der Waals surface area contributed by atoms with Gasteiger partial charge in [0.1, 0.15) is 5.69 Å². The van der Waals surface area contributed by atoms with Crippen LogP contribution in [-0.4, -0.2) is 4.68 Å². The first kappa shape index (κ1) is 13.4. The molecule has 3 rings (SSSR count). The monoisotopic (exact) mass is 375 g/mol. The molecule has 0 unspecified atom stereocenters. The summed E-state index contributed by atoms with van der Waals surface area (Å²) in [5.74, 6) is 0. The fourth-order valence-electron chi connectivity index (χ4n) is 2.44. The van der Waals surface area contributed by atoms with E-state index in [1.54, 1.807) is 0 Å². The summed E-state index contributed by atoms with van der Waals surface area (Å²) in [6.45, 7) is 0. The SMILES string of the molecule is Cn1c(-c2ccccc2)cc(-c2cccc(I)c2)[n+]1C. The molecule has 2 aromatic carbocycles. The van der Waals surface area contributed by atoms with Gasteiger partial charge in [-0.15, -0.1) is 4.68 Å². The normalized spacial score (nSPS) is 10.8. The van der Waals surface area contributed by atoms with Crippen molar-refractivity contribution in [2.45, 2.75) is 0 Å². The van der Waals surface area contributed by atoms with Gasteiger partial charge in [-0.05, 0) is 40.8 Å². The minimum Gasteiger partial charge on any atom is -0.156 e. The molecule has 20 heavy (non-hydrogen) atoms. The third-order valence-electron chi connectivity index (χ3n) is 3.61. The molecular weight excluding hydrogens is 359 g/mol. The van der Waals surface area contributed by atoms with E-state index in [9.17, 15) is 0 Å². The van der Waals surface area contributed by atoms with E-state index in [1.807, 2.05) is 6.07 Å². The highest BCUT2D eigenvalue weighted by Gasteiger charge is 2.19. The molecule has 0 saturated heterocycles. The van der Waals surface area contributed by atoms with Gasteiger partial charge in [0.25, 0.3) is 0 Å². The van der Waals surface area contributed by atoms with E-state index < -0.39 is 0 Å². The summed E-state index contributed by atoms with van der Waals surface area (Å²) in [5.41, 5.74) is 4.94. The summed E-state index contributed by atoms with van der Waals surface area (Å²) in [5, 5.41) is 0. The molecule has 0 fully saturated rings. The summed E-state index contributed by atoms with van der Waals surface area (Å²) in [6.07, 6.45) is 0. The molecule has 1 heterocycles. The summed E-state index contributed by atoms with van der Waals surface area (Å²) >= 11 is 2.35. The van der Waals surface area contributed by atoms with Crippen LogP contribution in [0.5, 0.6) is 0 Å². The van der Waals surface area contributed by atoms with Gasteiger partial charge in [-0.3, -0.25) is 0 Å². The van der Waals surface area contributed by atoms with E-state index in [1.165, 1.54) is 26.1 Å². The van der Waals surface area contributed by atoms with Crippen LogP contribution in [0.3, 0.4) is 0 Å². The molecule has 3 aromatic rings. The number of hydrogen-bond acceptors (Lipinski definition) is 0. The second-order valence-electron chi connectivity index (χ2n) is 4.84. The average Bonchev–Trinajstić information content (AvgIpc) is 2.76. The van der Waals surface area contributed by atoms with E-state index in [4.69, 9.17) is 0 Å². The Balaban J connectivity index is 2.16. The van der Waals surface area contributed by atoms with E-state index >= 15 is 0 Å². The van der Waals surface area contributed by atoms with Gasteiger partial charge in [0, 0.05) is 20.8 Å². The lowest BCUT2D eigenvalue weighted by atomic mass is 10.1. The Morgan fingerprint density at radius 1 is 0.900 bits per heavy atom. The molecule has 0 amide bonds. The second-order valence-corrected chi connectivity index (χ2v) is 6.08. The van der Waals surface area contributed by atoms with Crippen molar-refractivity contribution in [2.24, 2.45) is 14.1 Å². The van der Waals surface area contributed by atoms with Crippen LogP contribution in [0.1, 0.15) is 0 Å². The highest BCUT2D eigenvalue weighted by molar-refractivity contribution is 14.1. The predicted octanol–water partition coefficient (Wildman–Crippen LogP) is 3.79. The molecule has 0 aliphatic heterocycles. The lowest BCUT2D eigenvalue weighted by Gasteiger charge is -1.99. The van der Waals surface area contributed by atoms with Crippen LogP contribution in [0.4, 0.5) is 0 Å². The Hall–Kier alpha value is -1.62. The minimum absolute atomic E-state index is 1.22. The van der Waals surface area contributed by atoms with Gasteiger partial charge in [0.05, 0.1) is 7.05 Å². The first-order valence-electron chi connectivity index (χ1n) is 6.54. The van der Waals surface area contributed by atoms with Crippen molar-refractivity contribution >= 4 is 22.6 Å². The van der Waals surface area contributed by atoms with Crippen LogP contribution >= 0.6 is 22.6 Å². The van der Waals surface area contributed by atoms with E-state index in [0.717, 1.165) is 0 Å². The summed E-state index contributed by atoms with van der Waals surface area (Å²) in [4.78, 5) is 0. The molecule has 2 nitrogen and oxygen atoms in total. The predicted molar refractivity (Wildman–Crippen MR) is 90.2 cm³/mol. The number of benzene rings is 2. The molecule has 1 aromatic heterocycles. The fourth-order valence-corrected chi connectivity index (χ4v) is 2.98. The molecule has 0 bridgehead atoms. The Kier molecular flexibility index (Phi) is 3.61. The van der Waals surface area contributed by atoms with Gasteiger partial charge in [0.15, 0.2) is 7.05 Å². The van der Waals surface area contributed by atoms with Crippen molar-refractivity contribution in [2.75, 3.05) is 0 Å². The molecule has 0 spiro atoms. The molecular formula is C17H16IN2+. The van der Waals surface area contributed by atoms with Gasteiger partial charge >= 0.3 is 0 Å². The number of halogens is 1. The van der Waals surface area contributed by atoms with Gasteiger partial charge < -0.3 is 0 Å². The van der Waals surface area contributed by atoms with Crippen molar-refractivity contribution in [3.05, 3.63) is 64.2 Å². The molecule has 0 aliphatic rings. The zero-order valence-corrected chi connectivity index (χ0v) is 13.7. The Labute approximate surface area is 132 Å². The minimum atomic E-state index is 1.22. The molecule has 0 saturated carbocycles. The van der Waals surface area contributed by atoms with Crippen LogP contribution in [-0.2, 0) is 14.1 Å². The van der Waals surface area contributed by atoms with Crippen molar-refractivity contribution in [3.63, 3.8) is 0 Å². The molecule has 3 heteroatoms. The van der Waals surface area contributed by atoms with Gasteiger partial charge in [0.2, 0.25) is 5.69 Å². The lowest BCUT2D eigenvalue weighted by molar-refractivity contribution is -0.740. The maximum Gasteiger partial charge on any atom is 0.238 e. The summed E-state index contributed by atoms with van der Waals surface area (Å²) < 4.78 is 5.63. The van der Waals surface area contributed by atoms with Crippen LogP contribution < -0.4 is 4.68 Å². The zero-order valence-electron chi connectivity index (χ0n) is 11.5. The smallest absolute Gasteiger partial charge is 0.156 e. The largest absolute Gasteiger partial charge is 0.238 e. The quantitative estimate of drug-likeness (QED) is 0.476. The Morgan fingerprint density at radius 3 is 2.30 bits per heavy atom. The van der Waals surface area contributed by atoms with Crippen LogP contribution in [0.15, 0.2) is 60.7 Å². The van der Waals surface area contributed by atoms with Gasteiger partial charge in [-0.25, -0.2) is 0 Å². The third-order valence-corrected chi connectivity index (χ3v) is 4.28. The number of aromatic nitrogens is 2. The van der Waals surface area contributed by atoms with Crippen molar-refractivity contribution < 1.29 is 4.68 Å². The molecule has 0 atom stereocenters. The number of nitrogens with zero attached hydrogens (tertiary/aromatic N) is 2. The van der Waals surface area contributed by atoms with E-state index in [2.05, 4.69) is 101 Å². The number of rotatable bonds is 2. The zero-order chi connectivity index (χ0) is 14.1. The van der Waals surface area contributed by atoms with Gasteiger partial charge in [-0.2, -0.15) is 4.68 Å². The Bertz CT molecular complexity index is 745. The topological polar surface area (TPSA) is 8.81 Å². The van der Waals surface area contributed by atoms with Crippen molar-refractivity contribution in [3.8, 4) is 22.5 Å². The molecule has 0 N–H and O–H groups in total. The maximum absolute atomic E-state index is 2.35. The highest BCUT2D eigenvalue weighted by Crippen LogP contribution is 2.25. The fraction of sp³-hybridized carbons (Fsp3) is 0.118. The average molecular weight is 375 g/mol. The molecule has 0 aliphatic carbocycles. The number of hydrogen-bond donors (Lipinski definition) is 0. The van der Waals surface area contributed by atoms with Crippen molar-refractivity contribution in [1.82, 2.24) is 4.68 Å². The highest BCUT2D eigenvalue weighted by atomic mass is 127. The third kappa shape index (κ3) is 2.38. The first-order valence-corrected chi connectivity index (χ1v) is 7.62.